The molecule has 0 aromatic carbocycles. The summed E-state index contributed by atoms with van der Waals surface area (Å²) in [7, 11) is 1.04. The zero-order valence-electron chi connectivity index (χ0n) is 13.5. The average Bonchev–Trinajstić information content (AvgIpc) is 2.50. The van der Waals surface area contributed by atoms with Crippen molar-refractivity contribution in [1.29, 1.82) is 0 Å². The second-order valence-corrected chi connectivity index (χ2v) is 7.64. The molecule has 2 N–H and O–H groups in total. The van der Waals surface area contributed by atoms with E-state index in [1.54, 1.807) is 0 Å². The average molecular weight is 349 g/mol. The number of fused-ring (bicyclic) bond motifs is 3. The second kappa shape index (κ2) is 5.34. The molecule has 5 nitrogen and oxygen atoms in total. The Labute approximate surface area is 137 Å². The number of carboxylic acid groups (broad SMARTS) is 1. The zero-order chi connectivity index (χ0) is 17.8. The first-order valence-electron chi connectivity index (χ1n) is 8.24. The van der Waals surface area contributed by atoms with Crippen LogP contribution in [-0.2, 0) is 14.3 Å². The largest absolute Gasteiger partial charge is 0.481 e. The third-order valence-corrected chi connectivity index (χ3v) is 6.58. The lowest BCUT2D eigenvalue weighted by molar-refractivity contribution is -0.301. The van der Waals surface area contributed by atoms with E-state index < -0.39 is 34.6 Å². The van der Waals surface area contributed by atoms with Crippen molar-refractivity contribution in [2.45, 2.75) is 69.2 Å². The molecule has 4 fully saturated rings. The van der Waals surface area contributed by atoms with Crippen LogP contribution in [0.5, 0.6) is 0 Å². The second-order valence-electron chi connectivity index (χ2n) is 7.64. The minimum Gasteiger partial charge on any atom is -0.481 e. The molecule has 0 aromatic heterocycles. The van der Waals surface area contributed by atoms with E-state index in [9.17, 15) is 27.9 Å². The first-order valence-corrected chi connectivity index (χ1v) is 8.24. The number of methoxy groups -OCH3 is 1. The Morgan fingerprint density at radius 3 is 1.88 bits per heavy atom. The molecule has 0 aromatic rings. The van der Waals surface area contributed by atoms with Crippen LogP contribution in [0, 0.1) is 10.8 Å². The van der Waals surface area contributed by atoms with E-state index in [1.165, 1.54) is 0 Å². The summed E-state index contributed by atoms with van der Waals surface area (Å²) in [5, 5.41) is 12.1. The van der Waals surface area contributed by atoms with Crippen LogP contribution in [0.25, 0.3) is 0 Å². The van der Waals surface area contributed by atoms with Gasteiger partial charge in [0.15, 0.2) is 5.60 Å². The summed E-state index contributed by atoms with van der Waals surface area (Å²) in [4.78, 5) is 24.0. The topological polar surface area (TPSA) is 75.6 Å². The maximum Gasteiger partial charge on any atom is 0.417 e. The lowest BCUT2D eigenvalue weighted by Gasteiger charge is -2.52. The van der Waals surface area contributed by atoms with Crippen molar-refractivity contribution in [3.63, 3.8) is 0 Å². The van der Waals surface area contributed by atoms with Crippen LogP contribution in [-0.4, -0.2) is 41.9 Å². The molecule has 4 saturated carbocycles. The smallest absolute Gasteiger partial charge is 0.417 e. The molecule has 0 radical (unpaired) electrons. The van der Waals surface area contributed by atoms with Gasteiger partial charge in [0, 0.05) is 31.4 Å². The minimum absolute atomic E-state index is 0.224. The van der Waals surface area contributed by atoms with Crippen molar-refractivity contribution >= 4 is 11.9 Å². The molecule has 0 heterocycles. The number of nitrogens with one attached hydrogen (secondary N) is 1. The molecule has 0 aliphatic heterocycles. The first kappa shape index (κ1) is 17.5. The van der Waals surface area contributed by atoms with E-state index in [4.69, 9.17) is 0 Å². The van der Waals surface area contributed by atoms with E-state index in [0.29, 0.717) is 38.5 Å². The summed E-state index contributed by atoms with van der Waals surface area (Å²) in [5.74, 6) is -1.02. The summed E-state index contributed by atoms with van der Waals surface area (Å²) in [5.41, 5.74) is -3.47. The van der Waals surface area contributed by atoms with E-state index in [2.05, 4.69) is 10.1 Å². The Hall–Kier alpha value is -1.31. The molecule has 0 saturated heterocycles. The van der Waals surface area contributed by atoms with Crippen molar-refractivity contribution in [2.24, 2.45) is 10.8 Å². The number of aliphatic carboxylic acids is 1. The standard InChI is InChI=1S/C16H22F3NO4/c1-24-15(16(17,18)19)8-10(9-15)20-11(21)13-2-5-14(6-3-13,7-4-13)12(22)23/h10H,2-9H2,1H3,(H,20,21)(H,22,23). The van der Waals surface area contributed by atoms with Crippen LogP contribution < -0.4 is 5.32 Å². The molecule has 4 aliphatic carbocycles. The number of carboxylic acids is 1. The SMILES string of the molecule is COC1(C(F)(F)F)CC(NC(=O)C23CCC(C(=O)O)(CC2)CC3)C1. The van der Waals surface area contributed by atoms with Gasteiger partial charge < -0.3 is 15.2 Å². The van der Waals surface area contributed by atoms with Crippen molar-refractivity contribution < 1.29 is 32.6 Å². The number of amides is 1. The van der Waals surface area contributed by atoms with Gasteiger partial charge in [-0.1, -0.05) is 0 Å². The quantitative estimate of drug-likeness (QED) is 0.818. The number of hydrogen-bond donors (Lipinski definition) is 2. The lowest BCUT2D eigenvalue weighted by atomic mass is 9.53. The van der Waals surface area contributed by atoms with Crippen LogP contribution in [0.2, 0.25) is 0 Å². The maximum atomic E-state index is 13.0. The predicted molar refractivity (Wildman–Crippen MR) is 77.2 cm³/mol. The Morgan fingerprint density at radius 1 is 1.04 bits per heavy atom. The van der Waals surface area contributed by atoms with Gasteiger partial charge in [-0.3, -0.25) is 9.59 Å². The van der Waals surface area contributed by atoms with Gasteiger partial charge in [-0.15, -0.1) is 0 Å². The van der Waals surface area contributed by atoms with Gasteiger partial charge in [-0.05, 0) is 38.5 Å². The van der Waals surface area contributed by atoms with Gasteiger partial charge >= 0.3 is 12.1 Å². The number of carbonyl (C=O) groups excluding carboxylic acids is 1. The molecule has 24 heavy (non-hydrogen) atoms. The van der Waals surface area contributed by atoms with Gasteiger partial charge in [0.25, 0.3) is 0 Å². The third kappa shape index (κ3) is 2.41. The van der Waals surface area contributed by atoms with E-state index in [1.807, 2.05) is 0 Å². The molecular weight excluding hydrogens is 327 g/mol. The highest BCUT2D eigenvalue weighted by atomic mass is 19.4. The minimum atomic E-state index is -4.45. The fourth-order valence-corrected chi connectivity index (χ4v) is 4.54. The Bertz CT molecular complexity index is 529. The molecule has 8 heteroatoms. The van der Waals surface area contributed by atoms with Gasteiger partial charge in [0.2, 0.25) is 5.91 Å². The molecule has 0 atom stereocenters. The number of hydrogen-bond acceptors (Lipinski definition) is 3. The fourth-order valence-electron chi connectivity index (χ4n) is 4.54. The predicted octanol–water partition coefficient (Wildman–Crippen LogP) is 2.64. The van der Waals surface area contributed by atoms with Crippen molar-refractivity contribution in [2.75, 3.05) is 7.11 Å². The number of ether oxygens (including phenoxy) is 1. The normalized spacial score (nSPS) is 41.6. The van der Waals surface area contributed by atoms with Crippen LogP contribution in [0.3, 0.4) is 0 Å². The van der Waals surface area contributed by atoms with Crippen LogP contribution >= 0.6 is 0 Å². The van der Waals surface area contributed by atoms with Crippen LogP contribution in [0.15, 0.2) is 0 Å². The van der Waals surface area contributed by atoms with E-state index in [0.717, 1.165) is 7.11 Å². The number of alkyl halides is 3. The first-order chi connectivity index (χ1) is 11.1. The summed E-state index contributed by atoms with van der Waals surface area (Å²) in [6, 6.07) is -0.540. The highest BCUT2D eigenvalue weighted by molar-refractivity contribution is 5.85. The number of rotatable bonds is 4. The van der Waals surface area contributed by atoms with Crippen molar-refractivity contribution in [1.82, 2.24) is 5.32 Å². The van der Waals surface area contributed by atoms with Crippen LogP contribution in [0.1, 0.15) is 51.4 Å². The molecule has 2 bridgehead atoms. The molecule has 0 unspecified atom stereocenters. The molecule has 1 amide bonds. The van der Waals surface area contributed by atoms with E-state index in [-0.39, 0.29) is 18.7 Å². The van der Waals surface area contributed by atoms with Crippen LogP contribution in [0.4, 0.5) is 13.2 Å². The molecule has 136 valence electrons. The van der Waals surface area contributed by atoms with Crippen molar-refractivity contribution in [3.8, 4) is 0 Å². The molecule has 0 spiro atoms. The summed E-state index contributed by atoms with van der Waals surface area (Å²) in [6.45, 7) is 0. The monoisotopic (exact) mass is 349 g/mol. The highest BCUT2D eigenvalue weighted by Gasteiger charge is 2.64. The molecular formula is C16H22F3NO4. The Kier molecular flexibility index (Phi) is 3.90. The van der Waals surface area contributed by atoms with Gasteiger partial charge in [-0.2, -0.15) is 13.2 Å². The Morgan fingerprint density at radius 2 is 1.50 bits per heavy atom. The maximum absolute atomic E-state index is 13.0. The Balaban J connectivity index is 1.59. The zero-order valence-corrected chi connectivity index (χ0v) is 13.5. The number of halogens is 3. The lowest BCUT2D eigenvalue weighted by Crippen LogP contribution is -2.65. The third-order valence-electron chi connectivity index (χ3n) is 6.58. The summed E-state index contributed by atoms with van der Waals surface area (Å²) in [6.07, 6.45) is -2.12. The fraction of sp³-hybridized carbons (Fsp3) is 0.875. The van der Waals surface area contributed by atoms with E-state index >= 15 is 0 Å². The molecule has 4 aliphatic rings. The summed E-state index contributed by atoms with van der Waals surface area (Å²) >= 11 is 0. The van der Waals surface area contributed by atoms with Gasteiger partial charge in [-0.25, -0.2) is 0 Å². The van der Waals surface area contributed by atoms with Gasteiger partial charge in [0.1, 0.15) is 0 Å². The van der Waals surface area contributed by atoms with Crippen molar-refractivity contribution in [3.05, 3.63) is 0 Å². The number of carbonyl (C=O) groups is 2. The van der Waals surface area contributed by atoms with Gasteiger partial charge in [0.05, 0.1) is 5.41 Å². The highest BCUT2D eigenvalue weighted by Crippen LogP contribution is 2.57. The summed E-state index contributed by atoms with van der Waals surface area (Å²) < 4.78 is 43.6. The molecule has 4 rings (SSSR count).